The number of hydrogen-bond acceptors (Lipinski definition) is 3. The van der Waals surface area contributed by atoms with Gasteiger partial charge < -0.3 is 20.1 Å². The maximum atomic E-state index is 12.2. The van der Waals surface area contributed by atoms with E-state index in [1.807, 2.05) is 37.3 Å². The average molecular weight is 349 g/mol. The lowest BCUT2D eigenvalue weighted by atomic mass is 10.2. The van der Waals surface area contributed by atoms with Gasteiger partial charge in [-0.25, -0.2) is 4.79 Å². The van der Waals surface area contributed by atoms with Gasteiger partial charge in [0.25, 0.3) is 0 Å². The number of ether oxygens (including phenoxy) is 1. The Morgan fingerprint density at radius 1 is 1.25 bits per heavy atom. The molecule has 2 aromatic carbocycles. The number of aliphatic hydroxyl groups excluding tert-OH is 1. The second-order valence-corrected chi connectivity index (χ2v) is 5.58. The van der Waals surface area contributed by atoms with Gasteiger partial charge in [-0.1, -0.05) is 35.9 Å². The molecule has 0 aliphatic rings. The number of likely N-dealkylation sites (N-methyl/N-ethyl adjacent to an activating group) is 1. The molecule has 0 aliphatic heterocycles. The fourth-order valence-electron chi connectivity index (χ4n) is 2.20. The number of halogens is 1. The van der Waals surface area contributed by atoms with Crippen molar-refractivity contribution in [2.45, 2.75) is 13.5 Å². The Labute approximate surface area is 146 Å². The van der Waals surface area contributed by atoms with E-state index >= 15 is 0 Å². The largest absolute Gasteiger partial charge is 0.487 e. The molecule has 0 saturated heterocycles. The molecule has 6 heteroatoms. The summed E-state index contributed by atoms with van der Waals surface area (Å²) in [5.74, 6) is 0.575. The monoisotopic (exact) mass is 348 g/mol. The van der Waals surface area contributed by atoms with Crippen molar-refractivity contribution in [3.8, 4) is 5.75 Å². The van der Waals surface area contributed by atoms with Crippen molar-refractivity contribution >= 4 is 23.3 Å². The maximum absolute atomic E-state index is 12.2. The number of carbonyl (C=O) groups is 1. The molecule has 0 spiro atoms. The van der Waals surface area contributed by atoms with E-state index in [1.54, 1.807) is 18.2 Å². The van der Waals surface area contributed by atoms with Gasteiger partial charge in [-0.05, 0) is 36.8 Å². The minimum atomic E-state index is -0.273. The zero-order chi connectivity index (χ0) is 17.4. The lowest BCUT2D eigenvalue weighted by Crippen LogP contribution is -2.36. The zero-order valence-corrected chi connectivity index (χ0v) is 14.3. The van der Waals surface area contributed by atoms with E-state index < -0.39 is 0 Å². The van der Waals surface area contributed by atoms with Crippen LogP contribution in [0.2, 0.25) is 5.02 Å². The van der Waals surface area contributed by atoms with Gasteiger partial charge in [0.15, 0.2) is 0 Å². The zero-order valence-electron chi connectivity index (χ0n) is 13.5. The predicted molar refractivity (Wildman–Crippen MR) is 95.6 cm³/mol. The summed E-state index contributed by atoms with van der Waals surface area (Å²) in [7, 11) is 0. The van der Waals surface area contributed by atoms with Crippen LogP contribution in [-0.2, 0) is 6.61 Å². The van der Waals surface area contributed by atoms with Gasteiger partial charge in [-0.3, -0.25) is 0 Å². The molecule has 0 heterocycles. The first-order valence-electron chi connectivity index (χ1n) is 7.77. The van der Waals surface area contributed by atoms with Crippen molar-refractivity contribution in [3.05, 3.63) is 59.1 Å². The molecular weight excluding hydrogens is 328 g/mol. The molecule has 0 unspecified atom stereocenters. The number of nitrogens with zero attached hydrogens (tertiary/aromatic N) is 1. The van der Waals surface area contributed by atoms with Crippen LogP contribution in [0.15, 0.2) is 48.5 Å². The van der Waals surface area contributed by atoms with Gasteiger partial charge in [0.1, 0.15) is 12.4 Å². The molecule has 24 heavy (non-hydrogen) atoms. The number of benzene rings is 2. The number of amides is 2. The molecule has 0 bridgehead atoms. The summed E-state index contributed by atoms with van der Waals surface area (Å²) in [4.78, 5) is 13.8. The smallest absolute Gasteiger partial charge is 0.322 e. The van der Waals surface area contributed by atoms with Crippen LogP contribution in [0.25, 0.3) is 0 Å². The standard InChI is InChI=1S/C18H21ClN2O3/c1-2-21(10-11-22)18(23)20-16-8-3-4-9-17(16)24-13-14-6-5-7-15(19)12-14/h3-9,12,22H,2,10-11,13H2,1H3,(H,20,23). The molecule has 0 aliphatic carbocycles. The van der Waals surface area contributed by atoms with E-state index in [9.17, 15) is 4.79 Å². The molecule has 0 radical (unpaired) electrons. The van der Waals surface area contributed by atoms with Crippen molar-refractivity contribution < 1.29 is 14.6 Å². The second-order valence-electron chi connectivity index (χ2n) is 5.15. The summed E-state index contributed by atoms with van der Waals surface area (Å²) in [5, 5.41) is 12.5. The Morgan fingerprint density at radius 3 is 2.75 bits per heavy atom. The fourth-order valence-corrected chi connectivity index (χ4v) is 2.41. The summed E-state index contributed by atoms with van der Waals surface area (Å²) in [6.07, 6.45) is 0. The molecule has 2 rings (SSSR count). The number of nitrogens with one attached hydrogen (secondary N) is 1. The normalized spacial score (nSPS) is 10.3. The SMILES string of the molecule is CCN(CCO)C(=O)Nc1ccccc1OCc1cccc(Cl)c1. The molecule has 2 aromatic rings. The first-order valence-corrected chi connectivity index (χ1v) is 8.15. The predicted octanol–water partition coefficient (Wildman–Crippen LogP) is 3.77. The molecule has 0 fully saturated rings. The van der Waals surface area contributed by atoms with Crippen LogP contribution in [-0.4, -0.2) is 35.7 Å². The van der Waals surface area contributed by atoms with Crippen molar-refractivity contribution in [1.29, 1.82) is 0 Å². The molecule has 0 aromatic heterocycles. The van der Waals surface area contributed by atoms with Crippen molar-refractivity contribution in [1.82, 2.24) is 4.90 Å². The van der Waals surface area contributed by atoms with Crippen LogP contribution in [0.3, 0.4) is 0 Å². The molecule has 0 saturated carbocycles. The summed E-state index contributed by atoms with van der Waals surface area (Å²) in [5.41, 5.74) is 1.53. The van der Waals surface area contributed by atoms with Crippen molar-refractivity contribution in [3.63, 3.8) is 0 Å². The third-order valence-electron chi connectivity index (χ3n) is 3.45. The number of anilines is 1. The summed E-state index contributed by atoms with van der Waals surface area (Å²) < 4.78 is 5.81. The first kappa shape index (κ1) is 18.1. The van der Waals surface area contributed by atoms with Crippen LogP contribution in [0.4, 0.5) is 10.5 Å². The highest BCUT2D eigenvalue weighted by Gasteiger charge is 2.13. The van der Waals surface area contributed by atoms with E-state index in [2.05, 4.69) is 5.32 Å². The van der Waals surface area contributed by atoms with E-state index in [1.165, 1.54) is 4.90 Å². The minimum Gasteiger partial charge on any atom is -0.487 e. The van der Waals surface area contributed by atoms with Crippen LogP contribution in [0.1, 0.15) is 12.5 Å². The number of rotatable bonds is 7. The van der Waals surface area contributed by atoms with Gasteiger partial charge >= 0.3 is 6.03 Å². The highest BCUT2D eigenvalue weighted by atomic mass is 35.5. The molecule has 5 nitrogen and oxygen atoms in total. The van der Waals surface area contributed by atoms with Gasteiger partial charge in [-0.2, -0.15) is 0 Å². The third kappa shape index (κ3) is 5.15. The van der Waals surface area contributed by atoms with Gasteiger partial charge in [0.05, 0.1) is 12.3 Å². The Morgan fingerprint density at radius 2 is 2.04 bits per heavy atom. The van der Waals surface area contributed by atoms with Crippen LogP contribution in [0.5, 0.6) is 5.75 Å². The highest BCUT2D eigenvalue weighted by Crippen LogP contribution is 2.25. The molecule has 2 N–H and O–H groups in total. The number of para-hydroxylation sites is 2. The molecule has 0 atom stereocenters. The quantitative estimate of drug-likeness (QED) is 0.800. The average Bonchev–Trinajstić information content (AvgIpc) is 2.59. The summed E-state index contributed by atoms with van der Waals surface area (Å²) in [6, 6.07) is 14.4. The van der Waals surface area contributed by atoms with E-state index in [0.717, 1.165) is 5.56 Å². The summed E-state index contributed by atoms with van der Waals surface area (Å²) in [6.45, 7) is 2.93. The van der Waals surface area contributed by atoms with Gasteiger partial charge in [0, 0.05) is 18.1 Å². The van der Waals surface area contributed by atoms with Crippen LogP contribution in [0, 0.1) is 0 Å². The Bertz CT molecular complexity index is 679. The van der Waals surface area contributed by atoms with Crippen molar-refractivity contribution in [2.75, 3.05) is 25.0 Å². The second kappa shape index (κ2) is 9.15. The highest BCUT2D eigenvalue weighted by molar-refractivity contribution is 6.30. The Balaban J connectivity index is 2.05. The van der Waals surface area contributed by atoms with Crippen LogP contribution < -0.4 is 10.1 Å². The number of aliphatic hydroxyl groups is 1. The lowest BCUT2D eigenvalue weighted by Gasteiger charge is -2.21. The van der Waals surface area contributed by atoms with E-state index in [4.69, 9.17) is 21.4 Å². The third-order valence-corrected chi connectivity index (χ3v) is 3.69. The molecular formula is C18H21ClN2O3. The van der Waals surface area contributed by atoms with E-state index in [0.29, 0.717) is 29.6 Å². The van der Waals surface area contributed by atoms with Gasteiger partial charge in [-0.15, -0.1) is 0 Å². The van der Waals surface area contributed by atoms with Gasteiger partial charge in [0.2, 0.25) is 0 Å². The Hall–Kier alpha value is -2.24. The number of urea groups is 1. The summed E-state index contributed by atoms with van der Waals surface area (Å²) >= 11 is 5.97. The van der Waals surface area contributed by atoms with Crippen molar-refractivity contribution in [2.24, 2.45) is 0 Å². The Kier molecular flexibility index (Phi) is 6.90. The number of carbonyl (C=O) groups excluding carboxylic acids is 1. The fraction of sp³-hybridized carbons (Fsp3) is 0.278. The lowest BCUT2D eigenvalue weighted by molar-refractivity contribution is 0.191. The topological polar surface area (TPSA) is 61.8 Å². The molecule has 2 amide bonds. The van der Waals surface area contributed by atoms with E-state index in [-0.39, 0.29) is 19.2 Å². The first-order chi connectivity index (χ1) is 11.6. The maximum Gasteiger partial charge on any atom is 0.322 e. The molecule has 128 valence electrons. The van der Waals surface area contributed by atoms with Crippen LogP contribution >= 0.6 is 11.6 Å². The minimum absolute atomic E-state index is 0.0752. The number of hydrogen-bond donors (Lipinski definition) is 2.